The van der Waals surface area contributed by atoms with E-state index in [-0.39, 0.29) is 5.91 Å². The summed E-state index contributed by atoms with van der Waals surface area (Å²) in [6, 6.07) is 4.33. The molecule has 0 unspecified atom stereocenters. The summed E-state index contributed by atoms with van der Waals surface area (Å²) in [5.41, 5.74) is 1.18. The highest BCUT2D eigenvalue weighted by Gasteiger charge is 2.30. The van der Waals surface area contributed by atoms with E-state index in [1.54, 1.807) is 18.0 Å². The molecule has 1 aliphatic rings. The quantitative estimate of drug-likeness (QED) is 0.835. The van der Waals surface area contributed by atoms with Gasteiger partial charge in [0.15, 0.2) is 0 Å². The first-order valence-electron chi connectivity index (χ1n) is 7.52. The first-order valence-corrected chi connectivity index (χ1v) is 8.68. The van der Waals surface area contributed by atoms with Gasteiger partial charge in [0.2, 0.25) is 5.91 Å². The monoisotopic (exact) mass is 307 g/mol. The van der Waals surface area contributed by atoms with E-state index in [9.17, 15) is 4.79 Å². The third kappa shape index (κ3) is 4.71. The van der Waals surface area contributed by atoms with Crippen molar-refractivity contribution in [2.45, 2.75) is 25.6 Å². The van der Waals surface area contributed by atoms with Crippen molar-refractivity contribution in [1.82, 2.24) is 14.8 Å². The molecule has 0 aliphatic carbocycles. The zero-order valence-corrected chi connectivity index (χ0v) is 14.0. The molecule has 1 aromatic rings. The Labute approximate surface area is 131 Å². The Kier molecular flexibility index (Phi) is 6.06. The van der Waals surface area contributed by atoms with E-state index in [2.05, 4.69) is 41.7 Å². The largest absolute Gasteiger partial charge is 0.336 e. The molecule has 1 fully saturated rings. The standard InChI is InChI=1S/C16H25N3OS/c1-13(2)15-10-18(3)7-8-19(15)16(20)12-21-11-14-5-4-6-17-9-14/h4-6,9,13,15H,7-8,10-12H2,1-3H3/t15-/m0/s1. The van der Waals surface area contributed by atoms with Crippen LogP contribution in [0.4, 0.5) is 0 Å². The molecule has 0 saturated carbocycles. The number of hydrogen-bond donors (Lipinski definition) is 0. The second-order valence-corrected chi connectivity index (χ2v) is 7.00. The first kappa shape index (κ1) is 16.3. The van der Waals surface area contributed by atoms with Gasteiger partial charge in [0.1, 0.15) is 0 Å². The lowest BCUT2D eigenvalue weighted by Crippen LogP contribution is -2.56. The highest BCUT2D eigenvalue weighted by Crippen LogP contribution is 2.19. The van der Waals surface area contributed by atoms with Gasteiger partial charge in [-0.25, -0.2) is 0 Å². The highest BCUT2D eigenvalue weighted by atomic mass is 32.2. The van der Waals surface area contributed by atoms with Gasteiger partial charge in [0.25, 0.3) is 0 Å². The van der Waals surface area contributed by atoms with E-state index in [1.165, 1.54) is 5.56 Å². The molecule has 116 valence electrons. The summed E-state index contributed by atoms with van der Waals surface area (Å²) < 4.78 is 0. The number of nitrogens with zero attached hydrogens (tertiary/aromatic N) is 3. The van der Waals surface area contributed by atoms with Crippen molar-refractivity contribution in [1.29, 1.82) is 0 Å². The summed E-state index contributed by atoms with van der Waals surface area (Å²) in [6.07, 6.45) is 3.64. The summed E-state index contributed by atoms with van der Waals surface area (Å²) in [5, 5.41) is 0. The SMILES string of the molecule is CC(C)[C@@H]1CN(C)CCN1C(=O)CSCc1cccnc1. The van der Waals surface area contributed by atoms with Gasteiger partial charge in [-0.15, -0.1) is 11.8 Å². The Bertz CT molecular complexity index is 452. The van der Waals surface area contributed by atoms with Crippen molar-refractivity contribution in [2.24, 2.45) is 5.92 Å². The van der Waals surface area contributed by atoms with E-state index in [0.717, 1.165) is 25.4 Å². The minimum Gasteiger partial charge on any atom is -0.336 e. The lowest BCUT2D eigenvalue weighted by molar-refractivity contribution is -0.134. The molecule has 5 heteroatoms. The van der Waals surface area contributed by atoms with Crippen LogP contribution in [-0.2, 0) is 10.5 Å². The smallest absolute Gasteiger partial charge is 0.232 e. The van der Waals surface area contributed by atoms with Crippen LogP contribution in [0.3, 0.4) is 0 Å². The average Bonchev–Trinajstić information content (AvgIpc) is 2.48. The number of thioether (sulfide) groups is 1. The van der Waals surface area contributed by atoms with Crippen LogP contribution in [0.2, 0.25) is 0 Å². The summed E-state index contributed by atoms with van der Waals surface area (Å²) in [4.78, 5) is 21.0. The van der Waals surface area contributed by atoms with Crippen LogP contribution < -0.4 is 0 Å². The van der Waals surface area contributed by atoms with Crippen LogP contribution in [0, 0.1) is 5.92 Å². The van der Waals surface area contributed by atoms with E-state index in [4.69, 9.17) is 0 Å². The zero-order chi connectivity index (χ0) is 15.2. The molecule has 0 radical (unpaired) electrons. The molecule has 0 aromatic carbocycles. The van der Waals surface area contributed by atoms with E-state index < -0.39 is 0 Å². The molecule has 0 N–H and O–H groups in total. The summed E-state index contributed by atoms with van der Waals surface area (Å²) in [7, 11) is 2.13. The lowest BCUT2D eigenvalue weighted by Gasteiger charge is -2.42. The summed E-state index contributed by atoms with van der Waals surface area (Å²) >= 11 is 1.68. The molecular formula is C16H25N3OS. The topological polar surface area (TPSA) is 36.4 Å². The molecule has 4 nitrogen and oxygen atoms in total. The van der Waals surface area contributed by atoms with Crippen molar-refractivity contribution in [2.75, 3.05) is 32.4 Å². The summed E-state index contributed by atoms with van der Waals surface area (Å²) in [6.45, 7) is 7.21. The third-order valence-electron chi connectivity index (χ3n) is 3.93. The molecule has 1 aromatic heterocycles. The van der Waals surface area contributed by atoms with Crippen LogP contribution in [0.25, 0.3) is 0 Å². The second-order valence-electron chi connectivity index (χ2n) is 6.01. The lowest BCUT2D eigenvalue weighted by atomic mass is 10.00. The molecule has 0 bridgehead atoms. The van der Waals surface area contributed by atoms with Gasteiger partial charge in [-0.05, 0) is 24.6 Å². The normalized spacial score (nSPS) is 20.0. The molecular weight excluding hydrogens is 282 g/mol. The molecule has 1 aliphatic heterocycles. The number of hydrogen-bond acceptors (Lipinski definition) is 4. The maximum Gasteiger partial charge on any atom is 0.232 e. The second kappa shape index (κ2) is 7.80. The Hall–Kier alpha value is -1.07. The minimum absolute atomic E-state index is 0.274. The number of carbonyl (C=O) groups excluding carboxylic acids is 1. The van der Waals surface area contributed by atoms with E-state index >= 15 is 0 Å². The van der Waals surface area contributed by atoms with Gasteiger partial charge < -0.3 is 9.80 Å². The van der Waals surface area contributed by atoms with E-state index in [1.807, 2.05) is 12.3 Å². The van der Waals surface area contributed by atoms with Crippen molar-refractivity contribution >= 4 is 17.7 Å². The predicted molar refractivity (Wildman–Crippen MR) is 88.2 cm³/mol. The van der Waals surface area contributed by atoms with Crippen LogP contribution in [-0.4, -0.2) is 59.2 Å². The number of amides is 1. The van der Waals surface area contributed by atoms with Gasteiger partial charge in [0.05, 0.1) is 5.75 Å². The third-order valence-corrected chi connectivity index (χ3v) is 4.92. The van der Waals surface area contributed by atoms with Gasteiger partial charge in [-0.2, -0.15) is 0 Å². The van der Waals surface area contributed by atoms with Crippen LogP contribution in [0.5, 0.6) is 0 Å². The first-order chi connectivity index (χ1) is 10.1. The van der Waals surface area contributed by atoms with Crippen molar-refractivity contribution < 1.29 is 4.79 Å². The molecule has 21 heavy (non-hydrogen) atoms. The fourth-order valence-electron chi connectivity index (χ4n) is 2.66. The predicted octanol–water partition coefficient (Wildman–Crippen LogP) is 2.11. The Morgan fingerprint density at radius 3 is 2.95 bits per heavy atom. The maximum atomic E-state index is 12.5. The molecule has 1 amide bonds. The van der Waals surface area contributed by atoms with Crippen LogP contribution in [0.1, 0.15) is 19.4 Å². The number of piperazine rings is 1. The van der Waals surface area contributed by atoms with E-state index in [0.29, 0.717) is 17.7 Å². The number of likely N-dealkylation sites (N-methyl/N-ethyl adjacent to an activating group) is 1. The van der Waals surface area contributed by atoms with Crippen molar-refractivity contribution in [3.63, 3.8) is 0 Å². The molecule has 2 rings (SSSR count). The molecule has 2 heterocycles. The molecule has 0 spiro atoms. The maximum absolute atomic E-state index is 12.5. The average molecular weight is 307 g/mol. The van der Waals surface area contributed by atoms with Crippen LogP contribution in [0.15, 0.2) is 24.5 Å². The fraction of sp³-hybridized carbons (Fsp3) is 0.625. The van der Waals surface area contributed by atoms with Gasteiger partial charge in [-0.1, -0.05) is 19.9 Å². The van der Waals surface area contributed by atoms with Crippen molar-refractivity contribution in [3.8, 4) is 0 Å². The number of carbonyl (C=O) groups is 1. The highest BCUT2D eigenvalue weighted by molar-refractivity contribution is 7.99. The number of aromatic nitrogens is 1. The minimum atomic E-state index is 0.274. The van der Waals surface area contributed by atoms with Gasteiger partial charge in [0, 0.05) is 43.8 Å². The Balaban J connectivity index is 1.84. The van der Waals surface area contributed by atoms with Gasteiger partial charge in [-0.3, -0.25) is 9.78 Å². The molecule has 1 atom stereocenters. The number of pyridine rings is 1. The zero-order valence-electron chi connectivity index (χ0n) is 13.2. The van der Waals surface area contributed by atoms with Crippen molar-refractivity contribution in [3.05, 3.63) is 30.1 Å². The Morgan fingerprint density at radius 2 is 2.29 bits per heavy atom. The fourth-order valence-corrected chi connectivity index (χ4v) is 3.51. The van der Waals surface area contributed by atoms with Gasteiger partial charge >= 0.3 is 0 Å². The number of rotatable bonds is 5. The summed E-state index contributed by atoms with van der Waals surface area (Å²) in [5.74, 6) is 2.18. The molecule has 1 saturated heterocycles. The van der Waals surface area contributed by atoms with Crippen LogP contribution >= 0.6 is 11.8 Å². The Morgan fingerprint density at radius 1 is 1.48 bits per heavy atom.